The standard InChI is InChI=1S/C33H36N4O7/c1-36(2)22-14-18(7-5-6-16-8-10-17(15-34)11-9-16)27(38)24-20(22)12-19-13-21-26(37(3)4)29(40)25(32(35)43)31(42)33(21,44)30(41)23(19)28(24)39/h8-11,14,19,21,26,38-39,42,44H,5-7,12-13H2,1-4H3,(H2,35,43)/t19-,21-,26-,33-/m0/s1. The molecule has 5 rings (SSSR count). The van der Waals surface area contributed by atoms with Gasteiger partial charge in [0, 0.05) is 31.3 Å². The highest BCUT2D eigenvalue weighted by Crippen LogP contribution is 2.54. The van der Waals surface area contributed by atoms with Crippen LogP contribution in [0.3, 0.4) is 0 Å². The van der Waals surface area contributed by atoms with Gasteiger partial charge in [0.05, 0.1) is 23.2 Å². The van der Waals surface area contributed by atoms with Crippen LogP contribution < -0.4 is 10.6 Å². The fourth-order valence-corrected chi connectivity index (χ4v) is 7.16. The minimum absolute atomic E-state index is 0.0335. The molecule has 0 radical (unpaired) electrons. The Bertz CT molecular complexity index is 1680. The zero-order valence-corrected chi connectivity index (χ0v) is 25.1. The van der Waals surface area contributed by atoms with Crippen LogP contribution in [0.5, 0.6) is 5.75 Å². The maximum atomic E-state index is 14.1. The molecule has 1 saturated carbocycles. The van der Waals surface area contributed by atoms with E-state index in [1.807, 2.05) is 37.2 Å². The van der Waals surface area contributed by atoms with Crippen molar-refractivity contribution in [2.24, 2.45) is 17.6 Å². The molecule has 0 bridgehead atoms. The van der Waals surface area contributed by atoms with Crippen LogP contribution in [0.25, 0.3) is 5.76 Å². The van der Waals surface area contributed by atoms with Crippen LogP contribution in [0, 0.1) is 23.2 Å². The Balaban J connectivity index is 1.59. The number of aliphatic hydroxyl groups excluding tert-OH is 2. The molecule has 11 heteroatoms. The first kappa shape index (κ1) is 30.8. The molecule has 0 aliphatic heterocycles. The molecular formula is C33H36N4O7. The Morgan fingerprint density at radius 1 is 1.09 bits per heavy atom. The van der Waals surface area contributed by atoms with Crippen molar-refractivity contribution >= 4 is 28.9 Å². The first-order valence-electron chi connectivity index (χ1n) is 14.4. The van der Waals surface area contributed by atoms with Gasteiger partial charge in [-0.2, -0.15) is 5.26 Å². The topological polar surface area (TPSA) is 188 Å². The predicted octanol–water partition coefficient (Wildman–Crippen LogP) is 2.08. The van der Waals surface area contributed by atoms with E-state index in [0.29, 0.717) is 36.0 Å². The van der Waals surface area contributed by atoms with Gasteiger partial charge in [0.15, 0.2) is 11.4 Å². The number of phenols is 1. The molecule has 44 heavy (non-hydrogen) atoms. The average Bonchev–Trinajstić information content (AvgIpc) is 2.96. The third-order valence-electron chi connectivity index (χ3n) is 9.25. The van der Waals surface area contributed by atoms with E-state index in [2.05, 4.69) is 6.07 Å². The van der Waals surface area contributed by atoms with E-state index in [4.69, 9.17) is 11.0 Å². The number of nitrogens with zero attached hydrogens (tertiary/aromatic N) is 3. The van der Waals surface area contributed by atoms with Crippen LogP contribution >= 0.6 is 0 Å². The van der Waals surface area contributed by atoms with Gasteiger partial charge < -0.3 is 31.1 Å². The van der Waals surface area contributed by atoms with E-state index < -0.39 is 58.0 Å². The number of primary amides is 1. The maximum Gasteiger partial charge on any atom is 0.255 e. The van der Waals surface area contributed by atoms with E-state index in [9.17, 15) is 34.8 Å². The molecule has 4 atom stereocenters. The number of nitriles is 1. The number of likely N-dealkylation sites (N-methyl/N-ethyl adjacent to an activating group) is 1. The Morgan fingerprint density at radius 2 is 1.75 bits per heavy atom. The second-order valence-corrected chi connectivity index (χ2v) is 12.3. The maximum absolute atomic E-state index is 14.1. The molecule has 1 amide bonds. The summed E-state index contributed by atoms with van der Waals surface area (Å²) in [6.07, 6.45) is 2.04. The van der Waals surface area contributed by atoms with Crippen molar-refractivity contribution in [1.29, 1.82) is 5.26 Å². The number of fused-ring (bicyclic) bond motifs is 3. The summed E-state index contributed by atoms with van der Waals surface area (Å²) in [5.74, 6) is -6.65. The summed E-state index contributed by atoms with van der Waals surface area (Å²) in [6, 6.07) is 10.1. The fourth-order valence-electron chi connectivity index (χ4n) is 7.16. The molecule has 2 aromatic carbocycles. The predicted molar refractivity (Wildman–Crippen MR) is 162 cm³/mol. The van der Waals surface area contributed by atoms with Crippen molar-refractivity contribution in [3.63, 3.8) is 0 Å². The Hall–Kier alpha value is -4.66. The smallest absolute Gasteiger partial charge is 0.255 e. The summed E-state index contributed by atoms with van der Waals surface area (Å²) < 4.78 is 0. The lowest BCUT2D eigenvalue weighted by molar-refractivity contribution is -0.153. The third-order valence-corrected chi connectivity index (χ3v) is 9.25. The SMILES string of the molecule is CN(C)c1cc(CCCc2ccc(C#N)cc2)c(O)c2c1C[C@H]1C[C@H]3[C@H](N(C)C)C(=O)C(C(N)=O)=C(O)[C@@]3(O)C(=O)C1=C2O. The zero-order chi connectivity index (χ0) is 32.2. The number of hydrogen-bond acceptors (Lipinski definition) is 10. The highest BCUT2D eigenvalue weighted by atomic mass is 16.3. The summed E-state index contributed by atoms with van der Waals surface area (Å²) >= 11 is 0. The fraction of sp³-hybridized carbons (Fsp3) is 0.394. The highest BCUT2D eigenvalue weighted by molar-refractivity contribution is 6.24. The highest BCUT2D eigenvalue weighted by Gasteiger charge is 2.64. The first-order valence-corrected chi connectivity index (χ1v) is 14.4. The van der Waals surface area contributed by atoms with Gasteiger partial charge in [0.2, 0.25) is 5.78 Å². The molecule has 1 fully saturated rings. The minimum atomic E-state index is -2.68. The Kier molecular flexibility index (Phi) is 7.78. The lowest BCUT2D eigenvalue weighted by Crippen LogP contribution is -2.65. The van der Waals surface area contributed by atoms with Gasteiger partial charge in [-0.05, 0) is 87.0 Å². The monoisotopic (exact) mass is 600 g/mol. The van der Waals surface area contributed by atoms with E-state index in [0.717, 1.165) is 11.3 Å². The van der Waals surface area contributed by atoms with Crippen LogP contribution in [0.1, 0.15) is 40.7 Å². The second-order valence-electron chi connectivity index (χ2n) is 12.3. The quantitative estimate of drug-likeness (QED) is 0.294. The van der Waals surface area contributed by atoms with Gasteiger partial charge in [-0.3, -0.25) is 19.3 Å². The number of Topliss-reactive ketones (excluding diaryl/α,β-unsaturated/α-hetero) is 2. The molecule has 3 aliphatic carbocycles. The molecule has 0 saturated heterocycles. The van der Waals surface area contributed by atoms with Crippen LogP contribution in [-0.4, -0.2) is 82.6 Å². The summed E-state index contributed by atoms with van der Waals surface area (Å²) in [7, 11) is 6.81. The molecular weight excluding hydrogens is 564 g/mol. The number of amides is 1. The molecule has 0 unspecified atom stereocenters. The van der Waals surface area contributed by atoms with Crippen LogP contribution in [0.2, 0.25) is 0 Å². The molecule has 0 aromatic heterocycles. The molecule has 0 spiro atoms. The number of ketones is 2. The van der Waals surface area contributed by atoms with Gasteiger partial charge in [-0.15, -0.1) is 0 Å². The van der Waals surface area contributed by atoms with Crippen molar-refractivity contribution in [3.05, 3.63) is 75.1 Å². The molecule has 0 heterocycles. The second kappa shape index (κ2) is 11.1. The van der Waals surface area contributed by atoms with Crippen LogP contribution in [-0.2, 0) is 33.6 Å². The number of aromatic hydroxyl groups is 1. The number of benzene rings is 2. The zero-order valence-electron chi connectivity index (χ0n) is 25.1. The van der Waals surface area contributed by atoms with Crippen molar-refractivity contribution < 1.29 is 34.8 Å². The lowest BCUT2D eigenvalue weighted by Gasteiger charge is -2.50. The van der Waals surface area contributed by atoms with E-state index in [1.165, 1.54) is 4.90 Å². The number of carbonyl (C=O) groups is 3. The van der Waals surface area contributed by atoms with Gasteiger partial charge in [0.25, 0.3) is 5.91 Å². The number of aliphatic hydroxyl groups is 3. The number of anilines is 1. The van der Waals surface area contributed by atoms with Gasteiger partial charge in [0.1, 0.15) is 22.8 Å². The average molecular weight is 601 g/mol. The first-order chi connectivity index (χ1) is 20.7. The number of carbonyl (C=O) groups excluding carboxylic acids is 3. The Labute approximate surface area is 255 Å². The van der Waals surface area contributed by atoms with E-state index in [-0.39, 0.29) is 29.7 Å². The summed E-state index contributed by atoms with van der Waals surface area (Å²) in [6.45, 7) is 0. The van der Waals surface area contributed by atoms with Crippen molar-refractivity contribution in [1.82, 2.24) is 4.90 Å². The summed E-state index contributed by atoms with van der Waals surface area (Å²) in [5.41, 5.74) is 5.31. The van der Waals surface area contributed by atoms with Gasteiger partial charge >= 0.3 is 0 Å². The number of rotatable bonds is 7. The number of aryl methyl sites for hydroxylation is 2. The Morgan fingerprint density at radius 3 is 2.32 bits per heavy atom. The third kappa shape index (κ3) is 4.62. The van der Waals surface area contributed by atoms with Crippen LogP contribution in [0.15, 0.2) is 47.2 Å². The largest absolute Gasteiger partial charge is 0.508 e. The normalized spacial score (nSPS) is 24.5. The molecule has 6 N–H and O–H groups in total. The van der Waals surface area contributed by atoms with Gasteiger partial charge in [-0.1, -0.05) is 12.1 Å². The molecule has 3 aliphatic rings. The molecule has 2 aromatic rings. The number of nitrogens with two attached hydrogens (primary N) is 1. The van der Waals surface area contributed by atoms with Gasteiger partial charge in [-0.25, -0.2) is 0 Å². The van der Waals surface area contributed by atoms with Crippen LogP contribution in [0.4, 0.5) is 5.69 Å². The van der Waals surface area contributed by atoms with Crippen molar-refractivity contribution in [3.8, 4) is 11.8 Å². The molecule has 230 valence electrons. The van der Waals surface area contributed by atoms with Crippen molar-refractivity contribution in [2.45, 2.75) is 43.7 Å². The van der Waals surface area contributed by atoms with E-state index >= 15 is 0 Å². The lowest BCUT2D eigenvalue weighted by atomic mass is 9.57. The summed E-state index contributed by atoms with van der Waals surface area (Å²) in [5, 5.41) is 55.0. The number of phenolic OH excluding ortho intramolecular Hbond substituents is 1. The number of hydrogen-bond donors (Lipinski definition) is 5. The van der Waals surface area contributed by atoms with Crippen molar-refractivity contribution in [2.75, 3.05) is 33.1 Å². The summed E-state index contributed by atoms with van der Waals surface area (Å²) in [4.78, 5) is 42.9. The van der Waals surface area contributed by atoms with E-state index in [1.54, 1.807) is 26.2 Å². The molecule has 11 nitrogen and oxygen atoms in total. The minimum Gasteiger partial charge on any atom is -0.508 e.